The molecule has 0 spiro atoms. The van der Waals surface area contributed by atoms with Crippen LogP contribution in [0.5, 0.6) is 5.75 Å². The zero-order valence-corrected chi connectivity index (χ0v) is 16.8. The number of ether oxygens (including phenoxy) is 1. The molecule has 0 heterocycles. The Balaban J connectivity index is 2.81. The Labute approximate surface area is 161 Å². The molecule has 28 heavy (non-hydrogen) atoms. The zero-order valence-electron chi connectivity index (χ0n) is 15.9. The Hall–Kier alpha value is -2.30. The summed E-state index contributed by atoms with van der Waals surface area (Å²) >= 11 is 0. The minimum Gasteiger partial charge on any atom is -0.495 e. The molecular weight excluding hydrogens is 401 g/mol. The molecule has 0 saturated carbocycles. The van der Waals surface area contributed by atoms with Crippen LogP contribution in [0.3, 0.4) is 0 Å². The lowest BCUT2D eigenvalue weighted by atomic mass is 9.96. The van der Waals surface area contributed by atoms with Crippen LogP contribution in [0.4, 0.5) is 18.9 Å². The molecule has 158 valence electrons. The zero-order chi connectivity index (χ0) is 21.8. The predicted octanol–water partition coefficient (Wildman–Crippen LogP) is 2.87. The first-order chi connectivity index (χ1) is 12.7. The number of benzene rings is 1. The molecule has 11 heteroatoms. The highest BCUT2D eigenvalue weighted by molar-refractivity contribution is 7.92. The van der Waals surface area contributed by atoms with Crippen LogP contribution in [0.15, 0.2) is 23.1 Å². The summed E-state index contributed by atoms with van der Waals surface area (Å²) in [6.07, 6.45) is 0.250. The summed E-state index contributed by atoms with van der Waals surface area (Å²) in [6, 6.07) is 2.47. The first-order valence-electron chi connectivity index (χ1n) is 8.27. The average Bonchev–Trinajstić information content (AvgIpc) is 2.56. The Morgan fingerprint density at radius 3 is 2.25 bits per heavy atom. The molecule has 1 rings (SSSR count). The molecular formula is C17H23F3N2O5S. The van der Waals surface area contributed by atoms with Crippen molar-refractivity contribution in [3.05, 3.63) is 18.2 Å². The Morgan fingerprint density at radius 1 is 1.14 bits per heavy atom. The second-order valence-corrected chi connectivity index (χ2v) is 8.91. The van der Waals surface area contributed by atoms with Gasteiger partial charge in [0.25, 0.3) is 9.84 Å². The number of methoxy groups -OCH3 is 1. The molecule has 0 aliphatic heterocycles. The van der Waals surface area contributed by atoms with Gasteiger partial charge in [-0.3, -0.25) is 9.59 Å². The molecule has 0 radical (unpaired) electrons. The van der Waals surface area contributed by atoms with E-state index >= 15 is 0 Å². The maximum absolute atomic E-state index is 12.7. The lowest BCUT2D eigenvalue weighted by Gasteiger charge is -2.17. The van der Waals surface area contributed by atoms with Crippen LogP contribution in [0.25, 0.3) is 0 Å². The highest BCUT2D eigenvalue weighted by Crippen LogP contribution is 2.34. The summed E-state index contributed by atoms with van der Waals surface area (Å²) in [5.41, 5.74) is -6.23. The van der Waals surface area contributed by atoms with Gasteiger partial charge in [0.2, 0.25) is 11.8 Å². The molecule has 0 aliphatic rings. The third-order valence-corrected chi connectivity index (χ3v) is 5.09. The maximum Gasteiger partial charge on any atom is 0.501 e. The summed E-state index contributed by atoms with van der Waals surface area (Å²) in [5, 5.41) is 5.00. The number of carbonyl (C=O) groups excluding carboxylic acids is 2. The van der Waals surface area contributed by atoms with Gasteiger partial charge in [-0.25, -0.2) is 8.42 Å². The van der Waals surface area contributed by atoms with Crippen LogP contribution in [0, 0.1) is 5.41 Å². The fraction of sp³-hybridized carbons (Fsp3) is 0.529. The van der Waals surface area contributed by atoms with Crippen LogP contribution < -0.4 is 15.4 Å². The maximum atomic E-state index is 12.7. The second-order valence-electron chi connectivity index (χ2n) is 6.97. The number of nitrogens with one attached hydrogen (secondary N) is 2. The van der Waals surface area contributed by atoms with E-state index in [0.717, 1.165) is 12.1 Å². The van der Waals surface area contributed by atoms with Crippen LogP contribution in [0.2, 0.25) is 0 Å². The van der Waals surface area contributed by atoms with Gasteiger partial charge in [0, 0.05) is 18.4 Å². The van der Waals surface area contributed by atoms with E-state index in [2.05, 4.69) is 10.6 Å². The molecule has 0 bridgehead atoms. The number of hydrogen-bond donors (Lipinski definition) is 2. The van der Waals surface area contributed by atoms with E-state index in [0.29, 0.717) is 6.07 Å². The van der Waals surface area contributed by atoms with Gasteiger partial charge in [-0.1, -0.05) is 20.8 Å². The number of sulfone groups is 1. The van der Waals surface area contributed by atoms with Crippen molar-refractivity contribution in [2.24, 2.45) is 5.41 Å². The number of carbonyl (C=O) groups is 2. The number of halogens is 3. The predicted molar refractivity (Wildman–Crippen MR) is 96.6 cm³/mol. The molecule has 0 aromatic heterocycles. The largest absolute Gasteiger partial charge is 0.501 e. The van der Waals surface area contributed by atoms with Crippen molar-refractivity contribution in [2.45, 2.75) is 44.0 Å². The van der Waals surface area contributed by atoms with E-state index in [-0.39, 0.29) is 36.7 Å². The molecule has 1 aromatic carbocycles. The summed E-state index contributed by atoms with van der Waals surface area (Å²) in [4.78, 5) is 22.7. The van der Waals surface area contributed by atoms with Crippen LogP contribution >= 0.6 is 0 Å². The summed E-state index contributed by atoms with van der Waals surface area (Å²) in [6.45, 7) is 5.46. The number of hydrogen-bond acceptors (Lipinski definition) is 5. The summed E-state index contributed by atoms with van der Waals surface area (Å²) in [7, 11) is -4.33. The van der Waals surface area contributed by atoms with Gasteiger partial charge >= 0.3 is 5.51 Å². The minimum absolute atomic E-state index is 0.00973. The highest BCUT2D eigenvalue weighted by Gasteiger charge is 2.47. The molecule has 7 nitrogen and oxygen atoms in total. The average molecular weight is 424 g/mol. The molecule has 0 atom stereocenters. The van der Waals surface area contributed by atoms with Gasteiger partial charge in [-0.15, -0.1) is 0 Å². The molecule has 2 amide bonds. The minimum atomic E-state index is -5.56. The quantitative estimate of drug-likeness (QED) is 0.656. The highest BCUT2D eigenvalue weighted by atomic mass is 32.2. The first kappa shape index (κ1) is 23.7. The Kier molecular flexibility index (Phi) is 7.46. The Bertz CT molecular complexity index is 830. The standard InChI is InChI=1S/C17H23F3N2O5S/c1-16(2,3)15(24)21-9-5-6-14(23)22-12-10-11(7-8-13(12)27-4)28(25,26)17(18,19)20/h7-8,10H,5-6,9H2,1-4H3,(H,21,24)(H,22,23). The fourth-order valence-corrected chi connectivity index (χ4v) is 2.80. The van der Waals surface area contributed by atoms with Gasteiger partial charge in [0.1, 0.15) is 5.75 Å². The molecule has 0 aliphatic carbocycles. The monoisotopic (exact) mass is 424 g/mol. The number of anilines is 1. The van der Waals surface area contributed by atoms with Crippen molar-refractivity contribution in [1.29, 1.82) is 0 Å². The van der Waals surface area contributed by atoms with Crippen molar-refractivity contribution in [1.82, 2.24) is 5.32 Å². The third-order valence-electron chi connectivity index (χ3n) is 3.61. The van der Waals surface area contributed by atoms with Crippen molar-refractivity contribution >= 4 is 27.3 Å². The lowest BCUT2D eigenvalue weighted by molar-refractivity contribution is -0.128. The molecule has 0 fully saturated rings. The van der Waals surface area contributed by atoms with E-state index in [1.807, 2.05) is 0 Å². The van der Waals surface area contributed by atoms with E-state index in [1.165, 1.54) is 7.11 Å². The van der Waals surface area contributed by atoms with Crippen molar-refractivity contribution in [3.63, 3.8) is 0 Å². The molecule has 0 unspecified atom stereocenters. The van der Waals surface area contributed by atoms with Gasteiger partial charge in [-0.05, 0) is 24.6 Å². The fourth-order valence-electron chi connectivity index (χ4n) is 2.01. The van der Waals surface area contributed by atoms with Gasteiger partial charge in [0.15, 0.2) is 0 Å². The lowest BCUT2D eigenvalue weighted by Crippen LogP contribution is -2.35. The van der Waals surface area contributed by atoms with E-state index in [1.54, 1.807) is 20.8 Å². The number of alkyl halides is 3. The van der Waals surface area contributed by atoms with Crippen molar-refractivity contribution < 1.29 is 35.9 Å². The van der Waals surface area contributed by atoms with Gasteiger partial charge in [-0.2, -0.15) is 13.2 Å². The third kappa shape index (κ3) is 6.11. The SMILES string of the molecule is COc1ccc(S(=O)(=O)C(F)(F)F)cc1NC(=O)CCCNC(=O)C(C)(C)C. The molecule has 0 saturated heterocycles. The van der Waals surface area contributed by atoms with E-state index in [4.69, 9.17) is 4.74 Å². The number of rotatable bonds is 7. The van der Waals surface area contributed by atoms with Crippen LogP contribution in [0.1, 0.15) is 33.6 Å². The molecule has 1 aromatic rings. The first-order valence-corrected chi connectivity index (χ1v) is 9.76. The second kappa shape index (κ2) is 8.80. The van der Waals surface area contributed by atoms with E-state index < -0.39 is 31.6 Å². The van der Waals surface area contributed by atoms with Gasteiger partial charge < -0.3 is 15.4 Å². The van der Waals surface area contributed by atoms with Gasteiger partial charge in [0.05, 0.1) is 17.7 Å². The topological polar surface area (TPSA) is 102 Å². The molecule has 2 N–H and O–H groups in total. The normalized spacial score (nSPS) is 12.4. The smallest absolute Gasteiger partial charge is 0.495 e. The van der Waals surface area contributed by atoms with Crippen LogP contribution in [-0.2, 0) is 19.4 Å². The van der Waals surface area contributed by atoms with Crippen molar-refractivity contribution in [2.75, 3.05) is 19.0 Å². The Morgan fingerprint density at radius 2 is 1.75 bits per heavy atom. The number of amides is 2. The summed E-state index contributed by atoms with van der Waals surface area (Å²) < 4.78 is 66.1. The van der Waals surface area contributed by atoms with Crippen molar-refractivity contribution in [3.8, 4) is 5.75 Å². The van der Waals surface area contributed by atoms with E-state index in [9.17, 15) is 31.2 Å². The summed E-state index contributed by atoms with van der Waals surface area (Å²) in [5.74, 6) is -0.736. The van der Waals surface area contributed by atoms with Crippen LogP contribution in [-0.4, -0.2) is 39.4 Å².